The second-order valence-electron chi connectivity index (χ2n) is 6.78. The molecule has 0 saturated carbocycles. The van der Waals surface area contributed by atoms with Crippen LogP contribution in [-0.2, 0) is 23.9 Å². The molecule has 0 saturated heterocycles. The molecule has 1 aromatic carbocycles. The fourth-order valence-electron chi connectivity index (χ4n) is 2.63. The fraction of sp³-hybridized carbons (Fsp3) is 0.526. The summed E-state index contributed by atoms with van der Waals surface area (Å²) in [6, 6.07) is 9.05. The van der Waals surface area contributed by atoms with Crippen LogP contribution < -0.4 is 0 Å². The molecule has 0 aliphatic rings. The van der Waals surface area contributed by atoms with Crippen LogP contribution in [0.25, 0.3) is 0 Å². The van der Waals surface area contributed by atoms with E-state index in [0.717, 1.165) is 5.56 Å². The molecule has 2 atom stereocenters. The molecule has 1 aromatic rings. The Balaban J connectivity index is 3.35. The van der Waals surface area contributed by atoms with E-state index in [2.05, 4.69) is 0 Å². The summed E-state index contributed by atoms with van der Waals surface area (Å²) in [6.45, 7) is 7.56. The Morgan fingerprint density at radius 1 is 0.960 bits per heavy atom. The predicted octanol–water partition coefficient (Wildman–Crippen LogP) is 3.43. The SMILES string of the molecule is COC(=O)C(C(=O)OC)[C@@H](c1ccccc1)[C@@H](C)C(=O)SC(C)(C)C. The average Bonchev–Trinajstić information content (AvgIpc) is 2.57. The largest absolute Gasteiger partial charge is 0.468 e. The Hall–Kier alpha value is -1.82. The van der Waals surface area contributed by atoms with Crippen LogP contribution >= 0.6 is 11.8 Å². The highest BCUT2D eigenvalue weighted by molar-refractivity contribution is 8.14. The summed E-state index contributed by atoms with van der Waals surface area (Å²) in [6.07, 6.45) is 0. The Morgan fingerprint density at radius 2 is 1.44 bits per heavy atom. The second-order valence-corrected chi connectivity index (χ2v) is 8.61. The number of hydrogen-bond acceptors (Lipinski definition) is 6. The molecule has 0 aliphatic carbocycles. The lowest BCUT2D eigenvalue weighted by Gasteiger charge is -2.29. The van der Waals surface area contributed by atoms with Crippen molar-refractivity contribution in [1.82, 2.24) is 0 Å². The summed E-state index contributed by atoms with van der Waals surface area (Å²) < 4.78 is 9.36. The zero-order valence-electron chi connectivity index (χ0n) is 15.6. The predicted molar refractivity (Wildman–Crippen MR) is 98.2 cm³/mol. The van der Waals surface area contributed by atoms with Crippen LogP contribution in [0.5, 0.6) is 0 Å². The molecule has 0 amide bonds. The summed E-state index contributed by atoms with van der Waals surface area (Å²) >= 11 is 1.20. The summed E-state index contributed by atoms with van der Waals surface area (Å²) in [5, 5.41) is -0.0841. The molecule has 0 bridgehead atoms. The first kappa shape index (κ1) is 21.2. The Bertz CT molecular complexity index is 590. The highest BCUT2D eigenvalue weighted by Gasteiger charge is 2.43. The van der Waals surface area contributed by atoms with E-state index in [0.29, 0.717) is 0 Å². The Kier molecular flexibility index (Phi) is 7.67. The van der Waals surface area contributed by atoms with E-state index in [-0.39, 0.29) is 9.86 Å². The van der Waals surface area contributed by atoms with Gasteiger partial charge >= 0.3 is 11.9 Å². The molecule has 1 rings (SSSR count). The lowest BCUT2D eigenvalue weighted by atomic mass is 9.78. The molecular weight excluding hydrogens is 340 g/mol. The number of carbonyl (C=O) groups excluding carboxylic acids is 3. The van der Waals surface area contributed by atoms with Gasteiger partial charge in [0.15, 0.2) is 11.0 Å². The van der Waals surface area contributed by atoms with Gasteiger partial charge in [0.1, 0.15) is 0 Å². The van der Waals surface area contributed by atoms with Gasteiger partial charge < -0.3 is 9.47 Å². The molecule has 0 unspecified atom stereocenters. The minimum Gasteiger partial charge on any atom is -0.468 e. The maximum Gasteiger partial charge on any atom is 0.320 e. The number of methoxy groups -OCH3 is 2. The van der Waals surface area contributed by atoms with Crippen molar-refractivity contribution in [2.45, 2.75) is 38.4 Å². The number of thioether (sulfide) groups is 1. The summed E-state index contributed by atoms with van der Waals surface area (Å²) in [7, 11) is 2.44. The first-order chi connectivity index (χ1) is 11.6. The minimum atomic E-state index is -1.20. The van der Waals surface area contributed by atoms with Gasteiger partial charge in [0, 0.05) is 16.6 Å². The van der Waals surface area contributed by atoms with Gasteiger partial charge in [-0.15, -0.1) is 0 Å². The van der Waals surface area contributed by atoms with Gasteiger partial charge in [-0.25, -0.2) is 0 Å². The van der Waals surface area contributed by atoms with Gasteiger partial charge in [-0.05, 0) is 5.56 Å². The van der Waals surface area contributed by atoms with E-state index in [1.54, 1.807) is 19.1 Å². The number of hydrogen-bond donors (Lipinski definition) is 0. The van der Waals surface area contributed by atoms with Crippen LogP contribution in [0.1, 0.15) is 39.2 Å². The third-order valence-electron chi connectivity index (χ3n) is 3.77. The van der Waals surface area contributed by atoms with Crippen molar-refractivity contribution < 1.29 is 23.9 Å². The maximum atomic E-state index is 12.8. The Labute approximate surface area is 153 Å². The van der Waals surface area contributed by atoms with Crippen molar-refractivity contribution in [3.05, 3.63) is 35.9 Å². The van der Waals surface area contributed by atoms with Gasteiger partial charge in [0.2, 0.25) is 0 Å². The quantitative estimate of drug-likeness (QED) is 0.567. The zero-order chi connectivity index (χ0) is 19.2. The van der Waals surface area contributed by atoms with E-state index >= 15 is 0 Å². The van der Waals surface area contributed by atoms with Crippen LogP contribution in [0.3, 0.4) is 0 Å². The van der Waals surface area contributed by atoms with Gasteiger partial charge in [-0.3, -0.25) is 14.4 Å². The topological polar surface area (TPSA) is 69.7 Å². The van der Waals surface area contributed by atoms with Gasteiger partial charge in [0.05, 0.1) is 14.2 Å². The zero-order valence-corrected chi connectivity index (χ0v) is 16.4. The van der Waals surface area contributed by atoms with Crippen LogP contribution in [-0.4, -0.2) is 36.0 Å². The first-order valence-corrected chi connectivity index (χ1v) is 8.87. The van der Waals surface area contributed by atoms with Crippen LogP contribution in [0.4, 0.5) is 0 Å². The van der Waals surface area contributed by atoms with Crippen molar-refractivity contribution in [3.63, 3.8) is 0 Å². The molecular formula is C19H26O5S. The smallest absolute Gasteiger partial charge is 0.320 e. The van der Waals surface area contributed by atoms with Crippen molar-refractivity contribution in [2.75, 3.05) is 14.2 Å². The van der Waals surface area contributed by atoms with Crippen LogP contribution in [0, 0.1) is 11.8 Å². The highest BCUT2D eigenvalue weighted by atomic mass is 32.2. The number of rotatable bonds is 6. The molecule has 138 valence electrons. The highest BCUT2D eigenvalue weighted by Crippen LogP contribution is 2.38. The van der Waals surface area contributed by atoms with Crippen molar-refractivity contribution in [3.8, 4) is 0 Å². The summed E-state index contributed by atoms with van der Waals surface area (Å²) in [5.41, 5.74) is 0.721. The normalized spacial score (nSPS) is 13.9. The minimum absolute atomic E-state index is 0.0841. The molecule has 0 aliphatic heterocycles. The third kappa shape index (κ3) is 5.88. The molecule has 0 spiro atoms. The van der Waals surface area contributed by atoms with Crippen LogP contribution in [0.15, 0.2) is 30.3 Å². The lowest BCUT2D eigenvalue weighted by Crippen LogP contribution is -2.37. The molecule has 6 heteroatoms. The Morgan fingerprint density at radius 3 is 1.84 bits per heavy atom. The van der Waals surface area contributed by atoms with Gasteiger partial charge in [-0.2, -0.15) is 0 Å². The number of esters is 2. The summed E-state index contributed by atoms with van der Waals surface area (Å²) in [5.74, 6) is -3.85. The molecule has 0 fully saturated rings. The van der Waals surface area contributed by atoms with Crippen LogP contribution in [0.2, 0.25) is 0 Å². The monoisotopic (exact) mass is 366 g/mol. The molecule has 0 radical (unpaired) electrons. The van der Waals surface area contributed by atoms with E-state index < -0.39 is 29.7 Å². The molecule has 5 nitrogen and oxygen atoms in total. The molecule has 0 heterocycles. The third-order valence-corrected chi connectivity index (χ3v) is 4.96. The van der Waals surface area contributed by atoms with E-state index in [4.69, 9.17) is 9.47 Å². The molecule has 0 aromatic heterocycles. The lowest BCUT2D eigenvalue weighted by molar-refractivity contribution is -0.160. The van der Waals surface area contributed by atoms with E-state index in [1.807, 2.05) is 39.0 Å². The maximum absolute atomic E-state index is 12.8. The fourth-order valence-corrected chi connectivity index (χ4v) is 3.57. The number of ether oxygens (including phenoxy) is 2. The van der Waals surface area contributed by atoms with Gasteiger partial charge in [0.25, 0.3) is 0 Å². The van der Waals surface area contributed by atoms with Crippen molar-refractivity contribution >= 4 is 28.8 Å². The summed E-state index contributed by atoms with van der Waals surface area (Å²) in [4.78, 5) is 37.4. The standard InChI is InChI=1S/C19H26O5S/c1-12(18(22)25-19(2,3)4)14(13-10-8-7-9-11-13)15(16(20)23-5)17(21)24-6/h7-12,14-15H,1-6H3/t12-,14-/m1/s1. The number of benzene rings is 1. The van der Waals surface area contributed by atoms with Crippen molar-refractivity contribution in [1.29, 1.82) is 0 Å². The molecule has 25 heavy (non-hydrogen) atoms. The first-order valence-electron chi connectivity index (χ1n) is 8.05. The number of carbonyl (C=O) groups is 3. The molecule has 0 N–H and O–H groups in total. The van der Waals surface area contributed by atoms with Crippen molar-refractivity contribution in [2.24, 2.45) is 11.8 Å². The van der Waals surface area contributed by atoms with E-state index in [9.17, 15) is 14.4 Å². The second kappa shape index (κ2) is 9.04. The van der Waals surface area contributed by atoms with E-state index in [1.165, 1.54) is 26.0 Å². The van der Waals surface area contributed by atoms with Gasteiger partial charge in [-0.1, -0.05) is 69.8 Å². The average molecular weight is 366 g/mol.